The number of hydrogen-bond acceptors (Lipinski definition) is 3. The predicted molar refractivity (Wildman–Crippen MR) is 72.0 cm³/mol. The van der Waals surface area contributed by atoms with E-state index < -0.39 is 0 Å². The minimum Gasteiger partial charge on any atom is -0.329 e. The summed E-state index contributed by atoms with van der Waals surface area (Å²) in [5.41, 5.74) is 8.38. The van der Waals surface area contributed by atoms with Gasteiger partial charge in [0.15, 0.2) is 0 Å². The average Bonchev–Trinajstić information content (AvgIpc) is 2.60. The van der Waals surface area contributed by atoms with Crippen molar-refractivity contribution in [3.8, 4) is 0 Å². The summed E-state index contributed by atoms with van der Waals surface area (Å²) in [5.74, 6) is 0. The van der Waals surface area contributed by atoms with Gasteiger partial charge in [-0.2, -0.15) is 5.10 Å². The zero-order chi connectivity index (χ0) is 13.2. The number of nitrogens with zero attached hydrogens (tertiary/aromatic N) is 3. The molecule has 1 rings (SSSR count). The van der Waals surface area contributed by atoms with Crippen molar-refractivity contribution in [3.63, 3.8) is 0 Å². The van der Waals surface area contributed by atoms with Crippen LogP contribution < -0.4 is 5.73 Å². The zero-order valence-electron chi connectivity index (χ0n) is 12.0. The lowest BCUT2D eigenvalue weighted by molar-refractivity contribution is 0.260. The van der Waals surface area contributed by atoms with Crippen LogP contribution in [0.2, 0.25) is 0 Å². The van der Waals surface area contributed by atoms with Gasteiger partial charge in [-0.1, -0.05) is 27.7 Å². The van der Waals surface area contributed by atoms with Gasteiger partial charge in [0, 0.05) is 30.8 Å². The molecular formula is C13H26N4. The van der Waals surface area contributed by atoms with Gasteiger partial charge in [-0.3, -0.25) is 9.58 Å². The quantitative estimate of drug-likeness (QED) is 0.868. The van der Waals surface area contributed by atoms with Gasteiger partial charge >= 0.3 is 0 Å². The maximum atomic E-state index is 5.92. The number of hydrogen-bond donors (Lipinski definition) is 1. The molecule has 2 N–H and O–H groups in total. The van der Waals surface area contributed by atoms with E-state index in [0.717, 1.165) is 12.2 Å². The van der Waals surface area contributed by atoms with Crippen LogP contribution in [0.3, 0.4) is 0 Å². The minimum atomic E-state index is 0.0542. The highest BCUT2D eigenvalue weighted by Crippen LogP contribution is 2.30. The molecule has 1 aromatic heterocycles. The van der Waals surface area contributed by atoms with Crippen molar-refractivity contribution in [2.75, 3.05) is 20.1 Å². The monoisotopic (exact) mass is 238 g/mol. The highest BCUT2D eigenvalue weighted by atomic mass is 15.3. The molecule has 1 heterocycles. The van der Waals surface area contributed by atoms with Gasteiger partial charge in [0.25, 0.3) is 0 Å². The van der Waals surface area contributed by atoms with E-state index in [2.05, 4.69) is 50.9 Å². The molecule has 1 atom stereocenters. The number of rotatable bonds is 4. The maximum absolute atomic E-state index is 5.92. The van der Waals surface area contributed by atoms with Crippen molar-refractivity contribution >= 4 is 0 Å². The van der Waals surface area contributed by atoms with Crippen LogP contribution in [0.15, 0.2) is 6.20 Å². The standard InChI is InChI=1S/C13H26N4/c1-7-16(5)11(8-14)10-9-17(6)15-12(10)13(2,3)4/h9,11H,7-8,14H2,1-6H3. The summed E-state index contributed by atoms with van der Waals surface area (Å²) in [6.45, 7) is 10.3. The van der Waals surface area contributed by atoms with Crippen molar-refractivity contribution in [2.24, 2.45) is 12.8 Å². The second-order valence-electron chi connectivity index (χ2n) is 5.68. The van der Waals surface area contributed by atoms with Crippen molar-refractivity contribution in [2.45, 2.75) is 39.2 Å². The van der Waals surface area contributed by atoms with Crippen LogP contribution in [-0.4, -0.2) is 34.8 Å². The molecule has 1 aromatic rings. The summed E-state index contributed by atoms with van der Waals surface area (Å²) >= 11 is 0. The van der Waals surface area contributed by atoms with Gasteiger partial charge in [0.2, 0.25) is 0 Å². The Morgan fingerprint density at radius 3 is 2.47 bits per heavy atom. The molecule has 0 amide bonds. The second kappa shape index (κ2) is 5.19. The van der Waals surface area contributed by atoms with Gasteiger partial charge in [0.05, 0.1) is 11.7 Å². The smallest absolute Gasteiger partial charge is 0.0726 e. The second-order valence-corrected chi connectivity index (χ2v) is 5.68. The maximum Gasteiger partial charge on any atom is 0.0726 e. The van der Waals surface area contributed by atoms with E-state index in [9.17, 15) is 0 Å². The summed E-state index contributed by atoms with van der Waals surface area (Å²) in [6, 6.07) is 0.253. The fourth-order valence-electron chi connectivity index (χ4n) is 2.10. The Kier molecular flexibility index (Phi) is 4.33. The van der Waals surface area contributed by atoms with E-state index >= 15 is 0 Å². The molecule has 4 nitrogen and oxygen atoms in total. The summed E-state index contributed by atoms with van der Waals surface area (Å²) in [4.78, 5) is 2.27. The van der Waals surface area contributed by atoms with Crippen LogP contribution >= 0.6 is 0 Å². The fourth-order valence-corrected chi connectivity index (χ4v) is 2.10. The molecule has 0 saturated carbocycles. The third-order valence-electron chi connectivity index (χ3n) is 3.18. The molecule has 0 fully saturated rings. The summed E-state index contributed by atoms with van der Waals surface area (Å²) in [6.07, 6.45) is 2.10. The van der Waals surface area contributed by atoms with Crippen molar-refractivity contribution in [3.05, 3.63) is 17.5 Å². The molecule has 0 aliphatic rings. The van der Waals surface area contributed by atoms with Gasteiger partial charge in [-0.25, -0.2) is 0 Å². The van der Waals surface area contributed by atoms with Crippen LogP contribution in [0.4, 0.5) is 0 Å². The molecule has 0 aliphatic carbocycles. The third kappa shape index (κ3) is 3.07. The zero-order valence-corrected chi connectivity index (χ0v) is 12.0. The highest BCUT2D eigenvalue weighted by molar-refractivity contribution is 5.27. The Balaban J connectivity index is 3.19. The van der Waals surface area contributed by atoms with E-state index in [1.54, 1.807) is 0 Å². The first-order chi connectivity index (χ1) is 7.81. The molecule has 4 heteroatoms. The van der Waals surface area contributed by atoms with Gasteiger partial charge < -0.3 is 5.73 Å². The van der Waals surface area contributed by atoms with Crippen molar-refractivity contribution in [1.82, 2.24) is 14.7 Å². The molecule has 0 saturated heterocycles. The molecular weight excluding hydrogens is 212 g/mol. The first-order valence-electron chi connectivity index (χ1n) is 6.25. The molecule has 0 aromatic carbocycles. The van der Waals surface area contributed by atoms with Crippen molar-refractivity contribution in [1.29, 1.82) is 0 Å². The summed E-state index contributed by atoms with van der Waals surface area (Å²) in [5, 5.41) is 4.60. The fraction of sp³-hybridized carbons (Fsp3) is 0.769. The molecule has 1 unspecified atom stereocenters. The Bertz CT molecular complexity index is 362. The van der Waals surface area contributed by atoms with Gasteiger partial charge in [-0.05, 0) is 13.6 Å². The first kappa shape index (κ1) is 14.2. The molecule has 0 radical (unpaired) electrons. The van der Waals surface area contributed by atoms with Crippen molar-refractivity contribution < 1.29 is 0 Å². The minimum absolute atomic E-state index is 0.0542. The number of aromatic nitrogens is 2. The van der Waals surface area contributed by atoms with Crippen LogP contribution in [0.1, 0.15) is 45.0 Å². The Labute approximate surface area is 105 Å². The third-order valence-corrected chi connectivity index (χ3v) is 3.18. The van der Waals surface area contributed by atoms with Crippen LogP contribution in [0.25, 0.3) is 0 Å². The normalized spacial score (nSPS) is 14.4. The lowest BCUT2D eigenvalue weighted by atomic mass is 9.87. The van der Waals surface area contributed by atoms with E-state index in [1.165, 1.54) is 5.56 Å². The Morgan fingerprint density at radius 2 is 2.06 bits per heavy atom. The Morgan fingerprint density at radius 1 is 1.47 bits per heavy atom. The van der Waals surface area contributed by atoms with E-state index in [-0.39, 0.29) is 11.5 Å². The Hall–Kier alpha value is -0.870. The molecule has 17 heavy (non-hydrogen) atoms. The van der Waals surface area contributed by atoms with Crippen LogP contribution in [0.5, 0.6) is 0 Å². The molecule has 98 valence electrons. The van der Waals surface area contributed by atoms with E-state index in [0.29, 0.717) is 6.54 Å². The molecule has 0 bridgehead atoms. The number of likely N-dealkylation sites (N-methyl/N-ethyl adjacent to an activating group) is 1. The number of aryl methyl sites for hydroxylation is 1. The largest absolute Gasteiger partial charge is 0.329 e. The molecule has 0 aliphatic heterocycles. The van der Waals surface area contributed by atoms with E-state index in [1.807, 2.05) is 11.7 Å². The predicted octanol–water partition coefficient (Wildman–Crippen LogP) is 1.67. The summed E-state index contributed by atoms with van der Waals surface area (Å²) in [7, 11) is 4.08. The van der Waals surface area contributed by atoms with E-state index in [4.69, 9.17) is 5.73 Å². The van der Waals surface area contributed by atoms with Crippen LogP contribution in [-0.2, 0) is 12.5 Å². The van der Waals surface area contributed by atoms with Gasteiger partial charge in [-0.15, -0.1) is 0 Å². The lowest BCUT2D eigenvalue weighted by Crippen LogP contribution is -2.32. The topological polar surface area (TPSA) is 47.1 Å². The average molecular weight is 238 g/mol. The van der Waals surface area contributed by atoms with Crippen LogP contribution in [0, 0.1) is 0 Å². The molecule has 0 spiro atoms. The lowest BCUT2D eigenvalue weighted by Gasteiger charge is -2.28. The number of nitrogens with two attached hydrogens (primary N) is 1. The van der Waals surface area contributed by atoms with Gasteiger partial charge in [0.1, 0.15) is 0 Å². The first-order valence-corrected chi connectivity index (χ1v) is 6.25. The SMILES string of the molecule is CCN(C)C(CN)c1cn(C)nc1C(C)(C)C. The summed E-state index contributed by atoms with van der Waals surface area (Å²) < 4.78 is 1.89. The highest BCUT2D eigenvalue weighted by Gasteiger charge is 2.27.